The van der Waals surface area contributed by atoms with Crippen LogP contribution in [0.2, 0.25) is 0 Å². The predicted molar refractivity (Wildman–Crippen MR) is 92.0 cm³/mol. The van der Waals surface area contributed by atoms with Crippen LogP contribution in [0.4, 0.5) is 5.00 Å². The SMILES string of the molecule is Cc1cc(C(N)=O)c(NC(=O)c2ccc(-c3ncn(C)n3)cc2)s1. The minimum Gasteiger partial charge on any atom is -0.366 e. The fraction of sp³-hybridized carbons (Fsp3) is 0.125. The Morgan fingerprint density at radius 1 is 1.25 bits per heavy atom. The van der Waals surface area contributed by atoms with Crippen LogP contribution in [0.5, 0.6) is 0 Å². The molecule has 0 saturated carbocycles. The maximum absolute atomic E-state index is 12.4. The van der Waals surface area contributed by atoms with Crippen LogP contribution < -0.4 is 11.1 Å². The third kappa shape index (κ3) is 3.18. The van der Waals surface area contributed by atoms with Gasteiger partial charge in [-0.25, -0.2) is 4.98 Å². The van der Waals surface area contributed by atoms with Crippen molar-refractivity contribution in [2.75, 3.05) is 5.32 Å². The van der Waals surface area contributed by atoms with Gasteiger partial charge in [-0.2, -0.15) is 5.10 Å². The van der Waals surface area contributed by atoms with Crippen LogP contribution in [-0.2, 0) is 7.05 Å². The lowest BCUT2D eigenvalue weighted by atomic mass is 10.1. The highest BCUT2D eigenvalue weighted by Gasteiger charge is 2.15. The van der Waals surface area contributed by atoms with Crippen molar-refractivity contribution in [1.82, 2.24) is 14.8 Å². The zero-order chi connectivity index (χ0) is 17.3. The molecule has 0 radical (unpaired) electrons. The number of carbonyl (C=O) groups excluding carboxylic acids is 2. The van der Waals surface area contributed by atoms with Crippen LogP contribution in [0.3, 0.4) is 0 Å². The molecule has 7 nitrogen and oxygen atoms in total. The van der Waals surface area contributed by atoms with Crippen molar-refractivity contribution >= 4 is 28.2 Å². The molecule has 0 spiro atoms. The smallest absolute Gasteiger partial charge is 0.256 e. The van der Waals surface area contributed by atoms with Gasteiger partial charge in [0, 0.05) is 23.1 Å². The second kappa shape index (κ2) is 6.25. The molecule has 3 rings (SSSR count). The summed E-state index contributed by atoms with van der Waals surface area (Å²) in [5.41, 5.74) is 6.93. The summed E-state index contributed by atoms with van der Waals surface area (Å²) in [5.74, 6) is -0.277. The Labute approximate surface area is 142 Å². The number of anilines is 1. The fourth-order valence-corrected chi connectivity index (χ4v) is 3.12. The Kier molecular flexibility index (Phi) is 4.13. The van der Waals surface area contributed by atoms with E-state index in [0.29, 0.717) is 22.0 Å². The molecule has 2 amide bonds. The highest BCUT2D eigenvalue weighted by molar-refractivity contribution is 7.16. The van der Waals surface area contributed by atoms with Gasteiger partial charge in [0.2, 0.25) is 0 Å². The summed E-state index contributed by atoms with van der Waals surface area (Å²) in [7, 11) is 1.79. The summed E-state index contributed by atoms with van der Waals surface area (Å²) in [5, 5.41) is 7.41. The number of primary amides is 1. The summed E-state index contributed by atoms with van der Waals surface area (Å²) >= 11 is 1.31. The number of carbonyl (C=O) groups is 2. The van der Waals surface area contributed by atoms with Gasteiger partial charge in [-0.15, -0.1) is 11.3 Å². The Hall–Kier alpha value is -3.00. The summed E-state index contributed by atoms with van der Waals surface area (Å²) in [4.78, 5) is 28.8. The molecule has 0 saturated heterocycles. The Balaban J connectivity index is 1.80. The standard InChI is InChI=1S/C16H15N5O2S/c1-9-7-12(13(17)22)16(24-9)19-15(23)11-5-3-10(4-6-11)14-18-8-21(2)20-14/h3-8H,1-2H3,(H2,17,22)(H,19,23). The van der Waals surface area contributed by atoms with E-state index in [9.17, 15) is 9.59 Å². The number of hydrogen-bond donors (Lipinski definition) is 2. The molecule has 0 bridgehead atoms. The first-order valence-corrected chi connectivity index (χ1v) is 7.93. The first-order chi connectivity index (χ1) is 11.4. The van der Waals surface area contributed by atoms with Crippen LogP contribution in [0.1, 0.15) is 25.6 Å². The molecule has 0 fully saturated rings. The van der Waals surface area contributed by atoms with Crippen molar-refractivity contribution < 1.29 is 9.59 Å². The third-order valence-electron chi connectivity index (χ3n) is 3.35. The maximum atomic E-state index is 12.4. The lowest BCUT2D eigenvalue weighted by Gasteiger charge is -2.05. The van der Waals surface area contributed by atoms with Crippen LogP contribution >= 0.6 is 11.3 Å². The van der Waals surface area contributed by atoms with Gasteiger partial charge >= 0.3 is 0 Å². The van der Waals surface area contributed by atoms with Crippen LogP contribution in [0, 0.1) is 6.92 Å². The zero-order valence-electron chi connectivity index (χ0n) is 13.1. The van der Waals surface area contributed by atoms with Crippen molar-refractivity contribution in [1.29, 1.82) is 0 Å². The second-order valence-corrected chi connectivity index (χ2v) is 6.49. The van der Waals surface area contributed by atoms with E-state index in [4.69, 9.17) is 5.73 Å². The Bertz CT molecular complexity index is 911. The van der Waals surface area contributed by atoms with Crippen LogP contribution in [-0.4, -0.2) is 26.6 Å². The molecular formula is C16H15N5O2S. The zero-order valence-corrected chi connectivity index (χ0v) is 13.9. The lowest BCUT2D eigenvalue weighted by Crippen LogP contribution is -2.16. The lowest BCUT2D eigenvalue weighted by molar-refractivity contribution is 0.100. The number of benzene rings is 1. The average Bonchev–Trinajstić information content (AvgIpc) is 3.13. The normalized spacial score (nSPS) is 10.6. The number of aromatic nitrogens is 3. The van der Waals surface area contributed by atoms with Gasteiger partial charge in [0.05, 0.1) is 5.56 Å². The van der Waals surface area contributed by atoms with Gasteiger partial charge in [0.15, 0.2) is 5.82 Å². The molecule has 2 aromatic heterocycles. The molecule has 1 aromatic carbocycles. The van der Waals surface area contributed by atoms with Gasteiger partial charge in [-0.05, 0) is 25.1 Å². The van der Waals surface area contributed by atoms with Crippen molar-refractivity contribution in [2.45, 2.75) is 6.92 Å². The summed E-state index contributed by atoms with van der Waals surface area (Å²) in [6, 6.07) is 8.59. The first-order valence-electron chi connectivity index (χ1n) is 7.11. The molecule has 0 atom stereocenters. The van der Waals surface area contributed by atoms with Crippen molar-refractivity contribution in [2.24, 2.45) is 12.8 Å². The van der Waals surface area contributed by atoms with Crippen LogP contribution in [0.25, 0.3) is 11.4 Å². The Morgan fingerprint density at radius 2 is 1.96 bits per heavy atom. The molecule has 8 heteroatoms. The van der Waals surface area contributed by atoms with Crippen LogP contribution in [0.15, 0.2) is 36.7 Å². The third-order valence-corrected chi connectivity index (χ3v) is 4.32. The first kappa shape index (κ1) is 15.9. The molecule has 24 heavy (non-hydrogen) atoms. The van der Waals surface area contributed by atoms with E-state index in [1.54, 1.807) is 48.4 Å². The quantitative estimate of drug-likeness (QED) is 0.759. The molecule has 0 aliphatic rings. The topological polar surface area (TPSA) is 103 Å². The fourth-order valence-electron chi connectivity index (χ4n) is 2.21. The van der Waals surface area contributed by atoms with E-state index in [-0.39, 0.29) is 5.91 Å². The number of aryl methyl sites for hydroxylation is 2. The molecule has 3 N–H and O–H groups in total. The molecule has 0 aliphatic carbocycles. The molecule has 2 heterocycles. The maximum Gasteiger partial charge on any atom is 0.256 e. The predicted octanol–water partition coefficient (Wildman–Crippen LogP) is 2.20. The summed E-state index contributed by atoms with van der Waals surface area (Å²) < 4.78 is 1.61. The average molecular weight is 341 g/mol. The van der Waals surface area contributed by atoms with E-state index in [1.165, 1.54) is 11.3 Å². The van der Waals surface area contributed by atoms with Gasteiger partial charge < -0.3 is 11.1 Å². The van der Waals surface area contributed by atoms with E-state index < -0.39 is 5.91 Å². The van der Waals surface area contributed by atoms with E-state index in [2.05, 4.69) is 15.4 Å². The second-order valence-electron chi connectivity index (χ2n) is 5.24. The molecular weight excluding hydrogens is 326 g/mol. The largest absolute Gasteiger partial charge is 0.366 e. The number of nitrogens with zero attached hydrogens (tertiary/aromatic N) is 3. The number of nitrogens with two attached hydrogens (primary N) is 1. The minimum absolute atomic E-state index is 0.306. The molecule has 0 unspecified atom stereocenters. The summed E-state index contributed by atoms with van der Waals surface area (Å²) in [6.07, 6.45) is 1.61. The van der Waals surface area contributed by atoms with E-state index in [0.717, 1.165) is 10.4 Å². The van der Waals surface area contributed by atoms with Gasteiger partial charge in [-0.3, -0.25) is 14.3 Å². The number of thiophene rings is 1. The van der Waals surface area contributed by atoms with Gasteiger partial charge in [0.25, 0.3) is 11.8 Å². The van der Waals surface area contributed by atoms with Crippen molar-refractivity contribution in [3.63, 3.8) is 0 Å². The monoisotopic (exact) mass is 341 g/mol. The summed E-state index contributed by atoms with van der Waals surface area (Å²) in [6.45, 7) is 1.85. The van der Waals surface area contributed by atoms with Crippen molar-refractivity contribution in [3.8, 4) is 11.4 Å². The minimum atomic E-state index is -0.564. The molecule has 122 valence electrons. The highest BCUT2D eigenvalue weighted by Crippen LogP contribution is 2.27. The highest BCUT2D eigenvalue weighted by atomic mass is 32.1. The molecule has 0 aliphatic heterocycles. The van der Waals surface area contributed by atoms with Crippen molar-refractivity contribution in [3.05, 3.63) is 52.7 Å². The number of hydrogen-bond acceptors (Lipinski definition) is 5. The molecule has 3 aromatic rings. The Morgan fingerprint density at radius 3 is 2.54 bits per heavy atom. The van der Waals surface area contributed by atoms with Gasteiger partial charge in [0.1, 0.15) is 11.3 Å². The number of amides is 2. The van der Waals surface area contributed by atoms with Gasteiger partial charge in [-0.1, -0.05) is 12.1 Å². The van der Waals surface area contributed by atoms with E-state index in [1.807, 2.05) is 6.92 Å². The number of rotatable bonds is 4. The number of nitrogens with one attached hydrogen (secondary N) is 1. The van der Waals surface area contributed by atoms with E-state index >= 15 is 0 Å².